The fraction of sp³-hybridized carbons (Fsp3) is 0.154. The molecule has 180 valence electrons. The molecule has 9 heteroatoms. The van der Waals surface area contributed by atoms with Crippen LogP contribution in [0.3, 0.4) is 0 Å². The molecule has 0 aliphatic rings. The van der Waals surface area contributed by atoms with E-state index in [1.165, 1.54) is 6.21 Å². The van der Waals surface area contributed by atoms with Crippen LogP contribution in [0.1, 0.15) is 30.9 Å². The minimum absolute atomic E-state index is 0.190. The van der Waals surface area contributed by atoms with Gasteiger partial charge in [0.1, 0.15) is 5.75 Å². The average Bonchev–Trinajstić information content (AvgIpc) is 2.85. The van der Waals surface area contributed by atoms with E-state index in [9.17, 15) is 14.4 Å². The first-order valence-electron chi connectivity index (χ1n) is 10.8. The molecule has 0 unspecified atom stereocenters. The van der Waals surface area contributed by atoms with Gasteiger partial charge in [-0.3, -0.25) is 14.4 Å². The summed E-state index contributed by atoms with van der Waals surface area (Å²) in [5.41, 5.74) is 5.01. The maximum atomic E-state index is 12.0. The highest BCUT2D eigenvalue weighted by Crippen LogP contribution is 2.20. The van der Waals surface area contributed by atoms with E-state index in [4.69, 9.17) is 16.3 Å². The summed E-state index contributed by atoms with van der Waals surface area (Å²) in [4.78, 5) is 36.0. The maximum Gasteiger partial charge on any atom is 0.329 e. The Bertz CT molecular complexity index is 1210. The lowest BCUT2D eigenvalue weighted by molar-refractivity contribution is -0.136. The van der Waals surface area contributed by atoms with Gasteiger partial charge in [-0.25, -0.2) is 5.43 Å². The fourth-order valence-corrected chi connectivity index (χ4v) is 3.09. The largest absolute Gasteiger partial charge is 0.484 e. The first-order valence-corrected chi connectivity index (χ1v) is 11.2. The van der Waals surface area contributed by atoms with Crippen molar-refractivity contribution in [3.63, 3.8) is 0 Å². The minimum atomic E-state index is -0.890. The molecule has 3 aromatic rings. The van der Waals surface area contributed by atoms with Crippen molar-refractivity contribution in [2.75, 3.05) is 17.2 Å². The van der Waals surface area contributed by atoms with Gasteiger partial charge in [0, 0.05) is 5.69 Å². The van der Waals surface area contributed by atoms with E-state index in [-0.39, 0.29) is 12.5 Å². The maximum absolute atomic E-state index is 12.0. The number of para-hydroxylation sites is 1. The molecule has 3 N–H and O–H groups in total. The molecule has 8 nitrogen and oxygen atoms in total. The van der Waals surface area contributed by atoms with Gasteiger partial charge in [-0.2, -0.15) is 5.10 Å². The van der Waals surface area contributed by atoms with Crippen LogP contribution >= 0.6 is 11.6 Å². The highest BCUT2D eigenvalue weighted by Gasteiger charge is 2.13. The van der Waals surface area contributed by atoms with Crippen molar-refractivity contribution in [2.45, 2.75) is 19.8 Å². The van der Waals surface area contributed by atoms with Crippen molar-refractivity contribution in [3.05, 3.63) is 88.9 Å². The zero-order valence-corrected chi connectivity index (χ0v) is 20.0. The molecule has 0 spiro atoms. The molecular weight excluding hydrogens is 468 g/mol. The Balaban J connectivity index is 1.43. The van der Waals surface area contributed by atoms with Crippen LogP contribution in [0, 0.1) is 0 Å². The second-order valence-electron chi connectivity index (χ2n) is 7.82. The molecule has 0 aliphatic heterocycles. The Morgan fingerprint density at radius 3 is 2.26 bits per heavy atom. The van der Waals surface area contributed by atoms with E-state index >= 15 is 0 Å². The number of carbonyl (C=O) groups is 3. The summed E-state index contributed by atoms with van der Waals surface area (Å²) in [6.45, 7) is 3.95. The molecule has 3 rings (SSSR count). The van der Waals surface area contributed by atoms with Crippen LogP contribution in [0.4, 0.5) is 11.4 Å². The Morgan fingerprint density at radius 2 is 1.60 bits per heavy atom. The molecule has 0 bridgehead atoms. The summed E-state index contributed by atoms with van der Waals surface area (Å²) in [5.74, 6) is -1.21. The van der Waals surface area contributed by atoms with Gasteiger partial charge in [0.15, 0.2) is 6.61 Å². The molecule has 0 aliphatic carbocycles. The first kappa shape index (κ1) is 25.5. The molecule has 0 heterocycles. The summed E-state index contributed by atoms with van der Waals surface area (Å²) in [6.07, 6.45) is 1.39. The van der Waals surface area contributed by atoms with Gasteiger partial charge in [0.25, 0.3) is 5.91 Å². The van der Waals surface area contributed by atoms with E-state index in [1.54, 1.807) is 60.7 Å². The van der Waals surface area contributed by atoms with Crippen LogP contribution in [0.15, 0.2) is 77.9 Å². The standard InChI is InChI=1S/C26H25ClN4O4/c1-17(2)19-9-11-20(12-10-19)29-25(33)26(34)31-28-15-18-7-13-21(14-8-18)35-16-24(32)30-23-6-4-3-5-22(23)27/h3-15,17H,16H2,1-2H3,(H,29,33)(H,30,32)(H,31,34)/b28-15-. The Hall–Kier alpha value is -4.17. The topological polar surface area (TPSA) is 109 Å². The van der Waals surface area contributed by atoms with Crippen LogP contribution in [-0.4, -0.2) is 30.5 Å². The van der Waals surface area contributed by atoms with Crippen LogP contribution in [0.25, 0.3) is 0 Å². The SMILES string of the molecule is CC(C)c1ccc(NC(=O)C(=O)N/N=C\c2ccc(OCC(=O)Nc3ccccc3Cl)cc2)cc1. The summed E-state index contributed by atoms with van der Waals surface area (Å²) >= 11 is 6.02. The number of benzene rings is 3. The number of nitrogens with one attached hydrogen (secondary N) is 3. The van der Waals surface area contributed by atoms with Gasteiger partial charge in [-0.05, 0) is 65.6 Å². The summed E-state index contributed by atoms with van der Waals surface area (Å²) in [5, 5.41) is 9.43. The van der Waals surface area contributed by atoms with Crippen LogP contribution in [0.2, 0.25) is 5.02 Å². The molecule has 0 saturated heterocycles. The third kappa shape index (κ3) is 7.97. The van der Waals surface area contributed by atoms with Crippen molar-refractivity contribution >= 4 is 46.9 Å². The van der Waals surface area contributed by atoms with E-state index in [2.05, 4.69) is 35.0 Å². The van der Waals surface area contributed by atoms with Crippen molar-refractivity contribution in [3.8, 4) is 5.75 Å². The second kappa shape index (κ2) is 12.3. The lowest BCUT2D eigenvalue weighted by atomic mass is 10.0. The van der Waals surface area contributed by atoms with Gasteiger partial charge in [-0.1, -0.05) is 49.7 Å². The second-order valence-corrected chi connectivity index (χ2v) is 8.22. The van der Waals surface area contributed by atoms with Gasteiger partial charge in [0.05, 0.1) is 16.9 Å². The molecule has 3 aromatic carbocycles. The van der Waals surface area contributed by atoms with Crippen LogP contribution in [0.5, 0.6) is 5.75 Å². The highest BCUT2D eigenvalue weighted by atomic mass is 35.5. The number of anilines is 2. The van der Waals surface area contributed by atoms with Gasteiger partial charge < -0.3 is 15.4 Å². The molecule has 35 heavy (non-hydrogen) atoms. The number of nitrogens with zero attached hydrogens (tertiary/aromatic N) is 1. The number of hydrazone groups is 1. The first-order chi connectivity index (χ1) is 16.8. The molecule has 0 aromatic heterocycles. The zero-order chi connectivity index (χ0) is 25.2. The van der Waals surface area contributed by atoms with E-state index in [0.717, 1.165) is 5.56 Å². The Kier molecular flexibility index (Phi) is 8.97. The van der Waals surface area contributed by atoms with E-state index in [1.807, 2.05) is 12.1 Å². The zero-order valence-electron chi connectivity index (χ0n) is 19.2. The average molecular weight is 493 g/mol. The number of ether oxygens (including phenoxy) is 1. The summed E-state index contributed by atoms with van der Waals surface area (Å²) in [7, 11) is 0. The van der Waals surface area contributed by atoms with Gasteiger partial charge in [-0.15, -0.1) is 0 Å². The number of hydrogen-bond acceptors (Lipinski definition) is 5. The Morgan fingerprint density at radius 1 is 0.914 bits per heavy atom. The molecule has 0 atom stereocenters. The highest BCUT2D eigenvalue weighted by molar-refractivity contribution is 6.39. The lowest BCUT2D eigenvalue weighted by Crippen LogP contribution is -2.32. The minimum Gasteiger partial charge on any atom is -0.484 e. The third-order valence-electron chi connectivity index (χ3n) is 4.82. The number of hydrogen-bond donors (Lipinski definition) is 3. The van der Waals surface area contributed by atoms with Crippen molar-refractivity contribution < 1.29 is 19.1 Å². The fourth-order valence-electron chi connectivity index (χ4n) is 2.90. The van der Waals surface area contributed by atoms with Crippen molar-refractivity contribution in [2.24, 2.45) is 5.10 Å². The number of carbonyl (C=O) groups excluding carboxylic acids is 3. The molecular formula is C26H25ClN4O4. The monoisotopic (exact) mass is 492 g/mol. The summed E-state index contributed by atoms with van der Waals surface area (Å²) < 4.78 is 5.46. The van der Waals surface area contributed by atoms with Crippen LogP contribution < -0.4 is 20.8 Å². The molecule has 0 fully saturated rings. The predicted octanol–water partition coefficient (Wildman–Crippen LogP) is 4.57. The normalized spacial score (nSPS) is 10.7. The number of rotatable bonds is 8. The smallest absolute Gasteiger partial charge is 0.329 e. The third-order valence-corrected chi connectivity index (χ3v) is 5.15. The summed E-state index contributed by atoms with van der Waals surface area (Å²) in [6, 6.07) is 20.9. The quantitative estimate of drug-likeness (QED) is 0.243. The predicted molar refractivity (Wildman–Crippen MR) is 137 cm³/mol. The molecule has 0 saturated carbocycles. The van der Waals surface area contributed by atoms with Crippen LogP contribution in [-0.2, 0) is 14.4 Å². The van der Waals surface area contributed by atoms with Crippen molar-refractivity contribution in [1.29, 1.82) is 0 Å². The molecule has 3 amide bonds. The van der Waals surface area contributed by atoms with Crippen molar-refractivity contribution in [1.82, 2.24) is 5.43 Å². The molecule has 0 radical (unpaired) electrons. The Labute approximate surface area is 208 Å². The number of halogens is 1. The van der Waals surface area contributed by atoms with E-state index < -0.39 is 11.8 Å². The van der Waals surface area contributed by atoms with Gasteiger partial charge in [0.2, 0.25) is 0 Å². The number of amides is 3. The van der Waals surface area contributed by atoms with Gasteiger partial charge >= 0.3 is 11.8 Å². The van der Waals surface area contributed by atoms with E-state index in [0.29, 0.717) is 33.6 Å². The lowest BCUT2D eigenvalue weighted by Gasteiger charge is -2.09.